The molecule has 0 aromatic carbocycles. The quantitative estimate of drug-likeness (QED) is 0.782. The largest absolute Gasteiger partial charge is 0.376 e. The van der Waals surface area contributed by atoms with Gasteiger partial charge in [-0.15, -0.1) is 0 Å². The van der Waals surface area contributed by atoms with Crippen molar-refractivity contribution in [3.8, 4) is 6.07 Å². The number of anilines is 1. The van der Waals surface area contributed by atoms with Gasteiger partial charge in [-0.3, -0.25) is 0 Å². The zero-order chi connectivity index (χ0) is 11.2. The van der Waals surface area contributed by atoms with Crippen molar-refractivity contribution in [2.75, 3.05) is 31.7 Å². The SMILES string of the molecule is N#Cc1nccnc1NCC1COCCO1. The van der Waals surface area contributed by atoms with E-state index in [1.807, 2.05) is 6.07 Å². The molecule has 1 saturated heterocycles. The average Bonchev–Trinajstić information content (AvgIpc) is 2.38. The molecule has 0 saturated carbocycles. The van der Waals surface area contributed by atoms with Gasteiger partial charge in [0.2, 0.25) is 0 Å². The third-order valence-electron chi connectivity index (χ3n) is 2.19. The Morgan fingerprint density at radius 1 is 1.44 bits per heavy atom. The van der Waals surface area contributed by atoms with Crippen LogP contribution in [0.15, 0.2) is 12.4 Å². The summed E-state index contributed by atoms with van der Waals surface area (Å²) in [4.78, 5) is 7.94. The van der Waals surface area contributed by atoms with Gasteiger partial charge in [0.1, 0.15) is 6.07 Å². The van der Waals surface area contributed by atoms with Gasteiger partial charge in [0.15, 0.2) is 11.5 Å². The molecule has 1 aliphatic heterocycles. The van der Waals surface area contributed by atoms with E-state index in [1.54, 1.807) is 6.20 Å². The Balaban J connectivity index is 1.91. The highest BCUT2D eigenvalue weighted by molar-refractivity contribution is 5.46. The van der Waals surface area contributed by atoms with Gasteiger partial charge in [0.05, 0.1) is 25.9 Å². The Hall–Kier alpha value is -1.71. The molecular formula is C10H12N4O2. The van der Waals surface area contributed by atoms with Crippen molar-refractivity contribution in [1.29, 1.82) is 5.26 Å². The van der Waals surface area contributed by atoms with Crippen LogP contribution in [0.5, 0.6) is 0 Å². The molecule has 0 radical (unpaired) electrons. The van der Waals surface area contributed by atoms with Crippen LogP contribution in [0.25, 0.3) is 0 Å². The van der Waals surface area contributed by atoms with Gasteiger partial charge >= 0.3 is 0 Å². The van der Waals surface area contributed by atoms with Crippen LogP contribution >= 0.6 is 0 Å². The predicted molar refractivity (Wildman–Crippen MR) is 55.8 cm³/mol. The number of aromatic nitrogens is 2. The topological polar surface area (TPSA) is 80.1 Å². The van der Waals surface area contributed by atoms with Gasteiger partial charge in [-0.2, -0.15) is 5.26 Å². The van der Waals surface area contributed by atoms with Crippen LogP contribution in [0.3, 0.4) is 0 Å². The van der Waals surface area contributed by atoms with Crippen LogP contribution in [0, 0.1) is 11.3 Å². The van der Waals surface area contributed by atoms with Crippen molar-refractivity contribution < 1.29 is 9.47 Å². The Kier molecular flexibility index (Phi) is 3.64. The lowest BCUT2D eigenvalue weighted by Gasteiger charge is -2.23. The lowest BCUT2D eigenvalue weighted by molar-refractivity contribution is -0.0819. The van der Waals surface area contributed by atoms with Crippen molar-refractivity contribution in [3.63, 3.8) is 0 Å². The highest BCUT2D eigenvalue weighted by Crippen LogP contribution is 2.08. The summed E-state index contributed by atoms with van der Waals surface area (Å²) in [6.07, 6.45) is 3.04. The fourth-order valence-corrected chi connectivity index (χ4v) is 1.41. The van der Waals surface area contributed by atoms with E-state index in [1.165, 1.54) is 6.20 Å². The maximum absolute atomic E-state index is 8.81. The minimum Gasteiger partial charge on any atom is -0.376 e. The predicted octanol–water partition coefficient (Wildman–Crippen LogP) is 0.176. The molecule has 2 rings (SSSR count). The van der Waals surface area contributed by atoms with E-state index in [4.69, 9.17) is 14.7 Å². The highest BCUT2D eigenvalue weighted by Gasteiger charge is 2.14. The molecule has 1 N–H and O–H groups in total. The summed E-state index contributed by atoms with van der Waals surface area (Å²) in [5, 5.41) is 11.8. The molecule has 0 spiro atoms. The normalized spacial score (nSPS) is 20.1. The molecule has 1 aromatic heterocycles. The molecule has 2 heterocycles. The maximum atomic E-state index is 8.81. The summed E-state index contributed by atoms with van der Waals surface area (Å²) < 4.78 is 10.7. The Bertz CT molecular complexity index is 385. The van der Waals surface area contributed by atoms with Crippen LogP contribution in [-0.2, 0) is 9.47 Å². The third-order valence-corrected chi connectivity index (χ3v) is 2.19. The monoisotopic (exact) mass is 220 g/mol. The number of nitrogens with zero attached hydrogens (tertiary/aromatic N) is 3. The summed E-state index contributed by atoms with van der Waals surface area (Å²) in [7, 11) is 0. The van der Waals surface area contributed by atoms with Gasteiger partial charge in [-0.05, 0) is 0 Å². The molecule has 16 heavy (non-hydrogen) atoms. The fourth-order valence-electron chi connectivity index (χ4n) is 1.41. The summed E-state index contributed by atoms with van der Waals surface area (Å²) >= 11 is 0. The zero-order valence-electron chi connectivity index (χ0n) is 8.72. The molecule has 1 atom stereocenters. The summed E-state index contributed by atoms with van der Waals surface area (Å²) in [5.41, 5.74) is 0.291. The number of rotatable bonds is 3. The third kappa shape index (κ3) is 2.66. The number of hydrogen-bond acceptors (Lipinski definition) is 6. The molecule has 1 aromatic rings. The van der Waals surface area contributed by atoms with E-state index in [0.29, 0.717) is 37.9 Å². The minimum absolute atomic E-state index is 0.00213. The first kappa shape index (κ1) is 10.8. The van der Waals surface area contributed by atoms with Gasteiger partial charge in [0, 0.05) is 18.9 Å². The summed E-state index contributed by atoms with van der Waals surface area (Å²) in [6, 6.07) is 1.98. The maximum Gasteiger partial charge on any atom is 0.182 e. The van der Waals surface area contributed by atoms with E-state index < -0.39 is 0 Å². The van der Waals surface area contributed by atoms with Crippen molar-refractivity contribution >= 4 is 5.82 Å². The van der Waals surface area contributed by atoms with E-state index in [-0.39, 0.29) is 6.10 Å². The molecule has 1 aliphatic rings. The average molecular weight is 220 g/mol. The first-order chi connectivity index (χ1) is 7.90. The number of hydrogen-bond donors (Lipinski definition) is 1. The molecule has 0 amide bonds. The van der Waals surface area contributed by atoms with Crippen molar-refractivity contribution in [1.82, 2.24) is 9.97 Å². The van der Waals surface area contributed by atoms with Crippen LogP contribution in [0.4, 0.5) is 5.82 Å². The lowest BCUT2D eigenvalue weighted by Crippen LogP contribution is -2.34. The van der Waals surface area contributed by atoms with Gasteiger partial charge in [-0.25, -0.2) is 9.97 Å². The van der Waals surface area contributed by atoms with Crippen molar-refractivity contribution in [3.05, 3.63) is 18.1 Å². The van der Waals surface area contributed by atoms with Crippen LogP contribution in [-0.4, -0.2) is 42.4 Å². The molecular weight excluding hydrogens is 208 g/mol. The number of ether oxygens (including phenoxy) is 2. The standard InChI is InChI=1S/C10H12N4O2/c11-5-9-10(13-2-1-12-9)14-6-8-7-15-3-4-16-8/h1-2,8H,3-4,6-7H2,(H,13,14). The number of nitriles is 1. The smallest absolute Gasteiger partial charge is 0.182 e. The van der Waals surface area contributed by atoms with E-state index in [2.05, 4.69) is 15.3 Å². The van der Waals surface area contributed by atoms with Crippen LogP contribution < -0.4 is 5.32 Å². The minimum atomic E-state index is 0.00213. The molecule has 84 valence electrons. The van der Waals surface area contributed by atoms with Gasteiger partial charge in [-0.1, -0.05) is 0 Å². The van der Waals surface area contributed by atoms with E-state index in [9.17, 15) is 0 Å². The van der Waals surface area contributed by atoms with Crippen molar-refractivity contribution in [2.24, 2.45) is 0 Å². The second-order valence-electron chi connectivity index (χ2n) is 3.31. The second kappa shape index (κ2) is 5.39. The molecule has 6 heteroatoms. The van der Waals surface area contributed by atoms with E-state index in [0.717, 1.165) is 0 Å². The first-order valence-electron chi connectivity index (χ1n) is 5.04. The van der Waals surface area contributed by atoms with E-state index >= 15 is 0 Å². The highest BCUT2D eigenvalue weighted by atomic mass is 16.6. The zero-order valence-corrected chi connectivity index (χ0v) is 8.72. The molecule has 1 unspecified atom stereocenters. The molecule has 1 fully saturated rings. The summed E-state index contributed by atoms with van der Waals surface area (Å²) in [6.45, 7) is 2.38. The molecule has 6 nitrogen and oxygen atoms in total. The Morgan fingerprint density at radius 2 is 2.31 bits per heavy atom. The second-order valence-corrected chi connectivity index (χ2v) is 3.31. The van der Waals surface area contributed by atoms with Gasteiger partial charge in [0.25, 0.3) is 0 Å². The first-order valence-corrected chi connectivity index (χ1v) is 5.04. The van der Waals surface area contributed by atoms with Crippen molar-refractivity contribution in [2.45, 2.75) is 6.10 Å². The summed E-state index contributed by atoms with van der Waals surface area (Å²) in [5.74, 6) is 0.485. The van der Waals surface area contributed by atoms with Crippen LogP contribution in [0.2, 0.25) is 0 Å². The number of nitrogens with one attached hydrogen (secondary N) is 1. The molecule has 0 bridgehead atoms. The lowest BCUT2D eigenvalue weighted by atomic mass is 10.3. The molecule has 0 aliphatic carbocycles. The Morgan fingerprint density at radius 3 is 3.06 bits per heavy atom. The van der Waals surface area contributed by atoms with Gasteiger partial charge < -0.3 is 14.8 Å². The fraction of sp³-hybridized carbons (Fsp3) is 0.500. The Labute approximate surface area is 93.2 Å². The van der Waals surface area contributed by atoms with Crippen LogP contribution in [0.1, 0.15) is 5.69 Å².